The third-order valence-corrected chi connectivity index (χ3v) is 5.01. The molecule has 0 bridgehead atoms. The van der Waals surface area contributed by atoms with Crippen molar-refractivity contribution < 1.29 is 4.79 Å². The molecule has 3 atom stereocenters. The zero-order chi connectivity index (χ0) is 18.0. The summed E-state index contributed by atoms with van der Waals surface area (Å²) < 4.78 is 1.79. The first-order chi connectivity index (χ1) is 12.0. The number of carbonyl (C=O) groups excluding carboxylic acids is 1. The van der Waals surface area contributed by atoms with Gasteiger partial charge in [0.2, 0.25) is 5.91 Å². The Bertz CT molecular complexity index is 749. The predicted octanol–water partition coefficient (Wildman–Crippen LogP) is 2.78. The Morgan fingerprint density at radius 1 is 1.33 bits per heavy atom. The van der Waals surface area contributed by atoms with Gasteiger partial charge in [-0.25, -0.2) is 0 Å². The predicted molar refractivity (Wildman–Crippen MR) is 112 cm³/mol. The summed E-state index contributed by atoms with van der Waals surface area (Å²) in [6.45, 7) is 7.77. The topological polar surface area (TPSA) is 71.8 Å². The molecule has 1 saturated heterocycles. The average Bonchev–Trinajstić information content (AvgIpc) is 3.21. The van der Waals surface area contributed by atoms with Crippen molar-refractivity contribution >= 4 is 30.7 Å². The highest BCUT2D eigenvalue weighted by atomic mass is 35.5. The molecule has 6 nitrogen and oxygen atoms in total. The first-order valence-corrected chi connectivity index (χ1v) is 8.88. The highest BCUT2D eigenvalue weighted by molar-refractivity contribution is 5.85. The van der Waals surface area contributed by atoms with Gasteiger partial charge >= 0.3 is 0 Å². The van der Waals surface area contributed by atoms with Gasteiger partial charge in [-0.05, 0) is 30.0 Å². The molecule has 27 heavy (non-hydrogen) atoms. The summed E-state index contributed by atoms with van der Waals surface area (Å²) in [5.41, 5.74) is 3.17. The van der Waals surface area contributed by atoms with Gasteiger partial charge in [-0.2, -0.15) is 5.10 Å². The molecule has 0 aliphatic carbocycles. The standard InChI is InChI=1S/C19H27N5O.2ClH/c1-12(2)17(18-13(3)6-5-7-21-18)23-19(25)16-10-20-9-15(16)14-8-22-24(4)11-14;;/h5-8,11-12,15-17,20H,9-10H2,1-4H3,(H,23,25);2*1H/t15-,16+,17?;;/m1../s1. The van der Waals surface area contributed by atoms with Gasteiger partial charge in [-0.15, -0.1) is 24.8 Å². The number of halogens is 2. The van der Waals surface area contributed by atoms with Gasteiger partial charge in [0.15, 0.2) is 0 Å². The third kappa shape index (κ3) is 5.21. The Hall–Kier alpha value is -1.63. The van der Waals surface area contributed by atoms with Gasteiger partial charge in [0.1, 0.15) is 0 Å². The van der Waals surface area contributed by atoms with Crippen LogP contribution in [0, 0.1) is 18.8 Å². The van der Waals surface area contributed by atoms with E-state index in [2.05, 4.69) is 34.6 Å². The maximum absolute atomic E-state index is 13.0. The van der Waals surface area contributed by atoms with Crippen LogP contribution < -0.4 is 10.6 Å². The minimum atomic E-state index is -0.0885. The van der Waals surface area contributed by atoms with Crippen molar-refractivity contribution in [1.82, 2.24) is 25.4 Å². The monoisotopic (exact) mass is 413 g/mol. The van der Waals surface area contributed by atoms with E-state index >= 15 is 0 Å². The smallest absolute Gasteiger partial charge is 0.225 e. The molecule has 1 aliphatic heterocycles. The number of rotatable bonds is 5. The number of nitrogens with zero attached hydrogens (tertiary/aromatic N) is 3. The molecule has 1 aliphatic rings. The summed E-state index contributed by atoms with van der Waals surface area (Å²) in [6.07, 6.45) is 5.65. The molecule has 0 spiro atoms. The Balaban J connectivity index is 0.00000182. The van der Waals surface area contributed by atoms with Crippen molar-refractivity contribution in [2.75, 3.05) is 13.1 Å². The van der Waals surface area contributed by atoms with Crippen LogP contribution in [0.25, 0.3) is 0 Å². The summed E-state index contributed by atoms with van der Waals surface area (Å²) in [5, 5.41) is 10.9. The highest BCUT2D eigenvalue weighted by Gasteiger charge is 2.36. The molecule has 1 unspecified atom stereocenters. The molecule has 3 heterocycles. The number of amides is 1. The van der Waals surface area contributed by atoms with E-state index in [9.17, 15) is 4.79 Å². The number of carbonyl (C=O) groups is 1. The Morgan fingerprint density at radius 3 is 2.67 bits per heavy atom. The summed E-state index contributed by atoms with van der Waals surface area (Å²) in [5.74, 6) is 0.423. The molecule has 2 aromatic rings. The second-order valence-corrected chi connectivity index (χ2v) is 7.25. The fraction of sp³-hybridized carbons (Fsp3) is 0.526. The highest BCUT2D eigenvalue weighted by Crippen LogP contribution is 2.30. The first-order valence-electron chi connectivity index (χ1n) is 8.88. The lowest BCUT2D eigenvalue weighted by Crippen LogP contribution is -2.39. The van der Waals surface area contributed by atoms with Crippen LogP contribution in [-0.4, -0.2) is 33.8 Å². The van der Waals surface area contributed by atoms with Crippen molar-refractivity contribution in [2.24, 2.45) is 18.9 Å². The number of pyridine rings is 1. The Labute approximate surface area is 173 Å². The molecule has 8 heteroatoms. The molecule has 2 aromatic heterocycles. The molecule has 1 amide bonds. The maximum Gasteiger partial charge on any atom is 0.225 e. The molecule has 0 radical (unpaired) electrons. The van der Waals surface area contributed by atoms with Gasteiger partial charge in [0, 0.05) is 38.4 Å². The van der Waals surface area contributed by atoms with Crippen LogP contribution in [0.4, 0.5) is 0 Å². The molecule has 0 saturated carbocycles. The number of aromatic nitrogens is 3. The molecular weight excluding hydrogens is 385 g/mol. The maximum atomic E-state index is 13.0. The number of hydrogen-bond acceptors (Lipinski definition) is 4. The molecule has 0 aromatic carbocycles. The normalized spacial score (nSPS) is 19.9. The minimum absolute atomic E-state index is 0. The van der Waals surface area contributed by atoms with Gasteiger partial charge < -0.3 is 10.6 Å². The van der Waals surface area contributed by atoms with Crippen LogP contribution in [-0.2, 0) is 11.8 Å². The van der Waals surface area contributed by atoms with E-state index in [4.69, 9.17) is 0 Å². The fourth-order valence-electron chi connectivity index (χ4n) is 3.57. The van der Waals surface area contributed by atoms with Crippen molar-refractivity contribution in [3.63, 3.8) is 0 Å². The van der Waals surface area contributed by atoms with Gasteiger partial charge in [-0.1, -0.05) is 19.9 Å². The lowest BCUT2D eigenvalue weighted by atomic mass is 9.89. The molecule has 2 N–H and O–H groups in total. The van der Waals surface area contributed by atoms with Crippen LogP contribution in [0.15, 0.2) is 30.7 Å². The lowest BCUT2D eigenvalue weighted by Gasteiger charge is -2.26. The average molecular weight is 414 g/mol. The number of hydrogen-bond donors (Lipinski definition) is 2. The van der Waals surface area contributed by atoms with E-state index < -0.39 is 0 Å². The fourth-order valence-corrected chi connectivity index (χ4v) is 3.57. The summed E-state index contributed by atoms with van der Waals surface area (Å²) in [6, 6.07) is 3.89. The van der Waals surface area contributed by atoms with Crippen LogP contribution in [0.3, 0.4) is 0 Å². The summed E-state index contributed by atoms with van der Waals surface area (Å²) in [7, 11) is 1.90. The van der Waals surface area contributed by atoms with Gasteiger partial charge in [0.05, 0.1) is 23.9 Å². The van der Waals surface area contributed by atoms with E-state index in [1.807, 2.05) is 38.5 Å². The number of nitrogens with one attached hydrogen (secondary N) is 2. The quantitative estimate of drug-likeness (QED) is 0.790. The summed E-state index contributed by atoms with van der Waals surface area (Å²) in [4.78, 5) is 17.5. The minimum Gasteiger partial charge on any atom is -0.347 e. The van der Waals surface area contributed by atoms with Crippen LogP contribution in [0.2, 0.25) is 0 Å². The van der Waals surface area contributed by atoms with E-state index in [0.29, 0.717) is 6.54 Å². The lowest BCUT2D eigenvalue weighted by molar-refractivity contribution is -0.126. The van der Waals surface area contributed by atoms with E-state index in [1.54, 1.807) is 10.9 Å². The van der Waals surface area contributed by atoms with Crippen LogP contribution >= 0.6 is 24.8 Å². The van der Waals surface area contributed by atoms with E-state index in [0.717, 1.165) is 23.4 Å². The molecular formula is C19H29Cl2N5O. The SMILES string of the molecule is Cc1cccnc1C(NC(=O)[C@H]1CNC[C@@H]1c1cnn(C)c1)C(C)C.Cl.Cl. The van der Waals surface area contributed by atoms with Gasteiger partial charge in [0.25, 0.3) is 0 Å². The van der Waals surface area contributed by atoms with E-state index in [-0.39, 0.29) is 54.5 Å². The first kappa shape index (κ1) is 23.4. The Kier molecular flexibility index (Phi) is 8.72. The zero-order valence-electron chi connectivity index (χ0n) is 16.2. The van der Waals surface area contributed by atoms with Crippen molar-refractivity contribution in [1.29, 1.82) is 0 Å². The molecule has 1 fully saturated rings. The summed E-state index contributed by atoms with van der Waals surface area (Å²) >= 11 is 0. The second-order valence-electron chi connectivity index (χ2n) is 7.25. The van der Waals surface area contributed by atoms with Crippen molar-refractivity contribution in [2.45, 2.75) is 32.7 Å². The molecule has 150 valence electrons. The number of aryl methyl sites for hydroxylation is 2. The Morgan fingerprint density at radius 2 is 2.07 bits per heavy atom. The molecule has 3 rings (SSSR count). The van der Waals surface area contributed by atoms with Crippen LogP contribution in [0.5, 0.6) is 0 Å². The van der Waals surface area contributed by atoms with E-state index in [1.165, 1.54) is 0 Å². The second kappa shape index (κ2) is 10.1. The zero-order valence-corrected chi connectivity index (χ0v) is 17.8. The largest absolute Gasteiger partial charge is 0.347 e. The third-order valence-electron chi connectivity index (χ3n) is 5.01. The van der Waals surface area contributed by atoms with Gasteiger partial charge in [-0.3, -0.25) is 14.5 Å². The van der Waals surface area contributed by atoms with Crippen molar-refractivity contribution in [3.05, 3.63) is 47.5 Å². The van der Waals surface area contributed by atoms with Crippen LogP contribution in [0.1, 0.15) is 42.6 Å². The van der Waals surface area contributed by atoms with Crippen molar-refractivity contribution in [3.8, 4) is 0 Å².